The van der Waals surface area contributed by atoms with Gasteiger partial charge in [-0.3, -0.25) is 4.68 Å². The fourth-order valence-electron chi connectivity index (χ4n) is 2.02. The van der Waals surface area contributed by atoms with Crippen LogP contribution in [0, 0.1) is 0 Å². The summed E-state index contributed by atoms with van der Waals surface area (Å²) in [5.74, 6) is -0.655. The van der Waals surface area contributed by atoms with E-state index in [2.05, 4.69) is 21.0 Å². The molecule has 5 nitrogen and oxygen atoms in total. The highest BCUT2D eigenvalue weighted by Crippen LogP contribution is 2.24. The van der Waals surface area contributed by atoms with Gasteiger partial charge in [-0.15, -0.1) is 0 Å². The van der Waals surface area contributed by atoms with E-state index in [1.165, 1.54) is 6.07 Å². The monoisotopic (exact) mass is 352 g/mol. The summed E-state index contributed by atoms with van der Waals surface area (Å²) in [7, 11) is 0. The highest BCUT2D eigenvalue weighted by molar-refractivity contribution is 9.10. The summed E-state index contributed by atoms with van der Waals surface area (Å²) in [5, 5.41) is 13.7. The summed E-state index contributed by atoms with van der Waals surface area (Å²) >= 11 is 3.26. The second-order valence-corrected chi connectivity index (χ2v) is 5.45. The van der Waals surface area contributed by atoms with E-state index in [0.717, 1.165) is 24.4 Å². The maximum atomic E-state index is 11.2. The maximum Gasteiger partial charge on any atom is 0.339 e. The van der Waals surface area contributed by atoms with Crippen LogP contribution in [0.2, 0.25) is 0 Å². The molecule has 0 saturated heterocycles. The highest BCUT2D eigenvalue weighted by atomic mass is 79.9. The molecule has 0 atom stereocenters. The molecule has 0 spiro atoms. The van der Waals surface area contributed by atoms with Crippen molar-refractivity contribution in [3.8, 4) is 5.75 Å². The number of ether oxygens (including phenoxy) is 1. The second-order valence-electron chi connectivity index (χ2n) is 4.53. The number of hydrogen-bond donors (Lipinski definition) is 1. The average molecular weight is 353 g/mol. The van der Waals surface area contributed by atoms with Gasteiger partial charge in [-0.05, 0) is 37.6 Å². The fourth-order valence-corrected chi connectivity index (χ4v) is 2.39. The van der Waals surface area contributed by atoms with Crippen LogP contribution in [-0.2, 0) is 19.6 Å². The van der Waals surface area contributed by atoms with E-state index < -0.39 is 5.97 Å². The number of aryl methyl sites for hydroxylation is 2. The first kappa shape index (κ1) is 15.6. The normalized spacial score (nSPS) is 10.6. The Balaban J connectivity index is 2.20. The van der Waals surface area contributed by atoms with Crippen molar-refractivity contribution < 1.29 is 14.6 Å². The molecule has 1 aromatic carbocycles. The van der Waals surface area contributed by atoms with Crippen LogP contribution >= 0.6 is 15.9 Å². The van der Waals surface area contributed by atoms with Crippen molar-refractivity contribution >= 4 is 21.9 Å². The number of rotatable bonds is 6. The van der Waals surface area contributed by atoms with Gasteiger partial charge in [0, 0.05) is 11.0 Å². The highest BCUT2D eigenvalue weighted by Gasteiger charge is 2.13. The Bertz CT molecular complexity index is 652. The zero-order valence-corrected chi connectivity index (χ0v) is 13.6. The molecule has 0 radical (unpaired) electrons. The van der Waals surface area contributed by atoms with E-state index >= 15 is 0 Å². The zero-order valence-electron chi connectivity index (χ0n) is 12.0. The standard InChI is InChI=1S/C15H17BrN2O3/c1-3-11-8-12(18(4-2)17-11)9-21-14-6-5-10(16)7-13(14)15(19)20/h5-8H,3-4,9H2,1-2H3,(H,19,20). The largest absolute Gasteiger partial charge is 0.486 e. The van der Waals surface area contributed by atoms with Gasteiger partial charge in [0.25, 0.3) is 0 Å². The first-order valence-corrected chi connectivity index (χ1v) is 7.55. The number of carboxylic acids is 1. The number of carbonyl (C=O) groups is 1. The molecule has 0 fully saturated rings. The lowest BCUT2D eigenvalue weighted by Crippen LogP contribution is -2.08. The molecule has 0 unspecified atom stereocenters. The molecular weight excluding hydrogens is 336 g/mol. The number of aromatic carboxylic acids is 1. The average Bonchev–Trinajstić information content (AvgIpc) is 2.88. The smallest absolute Gasteiger partial charge is 0.339 e. The Morgan fingerprint density at radius 2 is 2.14 bits per heavy atom. The Labute approximate surface area is 131 Å². The molecule has 0 aliphatic rings. The Kier molecular flexibility index (Phi) is 5.01. The lowest BCUT2D eigenvalue weighted by molar-refractivity contribution is 0.0691. The molecule has 0 aliphatic heterocycles. The summed E-state index contributed by atoms with van der Waals surface area (Å²) in [5.41, 5.74) is 2.08. The van der Waals surface area contributed by atoms with Gasteiger partial charge < -0.3 is 9.84 Å². The Hall–Kier alpha value is -1.82. The molecular formula is C15H17BrN2O3. The van der Waals surface area contributed by atoms with Crippen molar-refractivity contribution in [3.63, 3.8) is 0 Å². The van der Waals surface area contributed by atoms with Gasteiger partial charge >= 0.3 is 5.97 Å². The first-order chi connectivity index (χ1) is 10.0. The van der Waals surface area contributed by atoms with Crippen molar-refractivity contribution in [1.82, 2.24) is 9.78 Å². The van der Waals surface area contributed by atoms with Crippen LogP contribution in [0.4, 0.5) is 0 Å². The third kappa shape index (κ3) is 3.64. The molecule has 112 valence electrons. The third-order valence-electron chi connectivity index (χ3n) is 3.12. The molecule has 2 rings (SSSR count). The number of aromatic nitrogens is 2. The summed E-state index contributed by atoms with van der Waals surface area (Å²) in [6.07, 6.45) is 0.860. The predicted octanol–water partition coefficient (Wildman–Crippen LogP) is 3.51. The second kappa shape index (κ2) is 6.76. The molecule has 0 bridgehead atoms. The molecule has 0 saturated carbocycles. The van der Waals surface area contributed by atoms with E-state index in [-0.39, 0.29) is 5.56 Å². The number of halogens is 1. The number of benzene rings is 1. The maximum absolute atomic E-state index is 11.2. The number of hydrogen-bond acceptors (Lipinski definition) is 3. The van der Waals surface area contributed by atoms with Crippen LogP contribution < -0.4 is 4.74 Å². The molecule has 0 amide bonds. The van der Waals surface area contributed by atoms with Crippen molar-refractivity contribution in [2.24, 2.45) is 0 Å². The predicted molar refractivity (Wildman–Crippen MR) is 82.7 cm³/mol. The molecule has 6 heteroatoms. The van der Waals surface area contributed by atoms with Crippen molar-refractivity contribution in [3.05, 3.63) is 45.7 Å². The van der Waals surface area contributed by atoms with Gasteiger partial charge in [-0.2, -0.15) is 5.10 Å². The quantitative estimate of drug-likeness (QED) is 0.863. The Morgan fingerprint density at radius 3 is 2.76 bits per heavy atom. The fraction of sp³-hybridized carbons (Fsp3) is 0.333. The van der Waals surface area contributed by atoms with Gasteiger partial charge in [-0.25, -0.2) is 4.79 Å². The summed E-state index contributed by atoms with van der Waals surface area (Å²) in [6.45, 7) is 5.11. The SMILES string of the molecule is CCc1cc(COc2ccc(Br)cc2C(=O)O)n(CC)n1. The number of nitrogens with zero attached hydrogens (tertiary/aromatic N) is 2. The van der Waals surface area contributed by atoms with Crippen LogP contribution in [0.25, 0.3) is 0 Å². The first-order valence-electron chi connectivity index (χ1n) is 6.76. The van der Waals surface area contributed by atoms with E-state index in [1.807, 2.05) is 24.6 Å². The topological polar surface area (TPSA) is 64.3 Å². The minimum Gasteiger partial charge on any atom is -0.486 e. The van der Waals surface area contributed by atoms with Crippen LogP contribution in [0.15, 0.2) is 28.7 Å². The molecule has 0 aliphatic carbocycles. The van der Waals surface area contributed by atoms with Crippen LogP contribution in [0.5, 0.6) is 5.75 Å². The molecule has 1 heterocycles. The molecule has 1 N–H and O–H groups in total. The lowest BCUT2D eigenvalue weighted by atomic mass is 10.2. The third-order valence-corrected chi connectivity index (χ3v) is 3.62. The summed E-state index contributed by atoms with van der Waals surface area (Å²) in [4.78, 5) is 11.2. The van der Waals surface area contributed by atoms with Crippen LogP contribution in [0.1, 0.15) is 35.6 Å². The molecule has 1 aromatic heterocycles. The van der Waals surface area contributed by atoms with Crippen molar-refractivity contribution in [2.75, 3.05) is 0 Å². The zero-order chi connectivity index (χ0) is 15.4. The van der Waals surface area contributed by atoms with Gasteiger partial charge in [0.15, 0.2) is 0 Å². The molecule has 2 aromatic rings. The minimum absolute atomic E-state index is 0.141. The van der Waals surface area contributed by atoms with Crippen molar-refractivity contribution in [2.45, 2.75) is 33.4 Å². The van der Waals surface area contributed by atoms with Crippen LogP contribution in [-0.4, -0.2) is 20.9 Å². The lowest BCUT2D eigenvalue weighted by Gasteiger charge is -2.10. The van der Waals surface area contributed by atoms with Gasteiger partial charge in [0.05, 0.1) is 11.4 Å². The summed E-state index contributed by atoms with van der Waals surface area (Å²) < 4.78 is 8.26. The van der Waals surface area contributed by atoms with E-state index in [9.17, 15) is 9.90 Å². The van der Waals surface area contributed by atoms with E-state index in [4.69, 9.17) is 4.74 Å². The number of carboxylic acid groups (broad SMARTS) is 1. The molecule has 21 heavy (non-hydrogen) atoms. The van der Waals surface area contributed by atoms with Gasteiger partial charge in [-0.1, -0.05) is 22.9 Å². The Morgan fingerprint density at radius 1 is 1.38 bits per heavy atom. The minimum atomic E-state index is -1.01. The van der Waals surface area contributed by atoms with E-state index in [0.29, 0.717) is 16.8 Å². The van der Waals surface area contributed by atoms with Crippen molar-refractivity contribution in [1.29, 1.82) is 0 Å². The van der Waals surface area contributed by atoms with Crippen LogP contribution in [0.3, 0.4) is 0 Å². The van der Waals surface area contributed by atoms with E-state index in [1.54, 1.807) is 12.1 Å². The van der Waals surface area contributed by atoms with Gasteiger partial charge in [0.1, 0.15) is 17.9 Å². The summed E-state index contributed by atoms with van der Waals surface area (Å²) in [6, 6.07) is 6.94. The van der Waals surface area contributed by atoms with Gasteiger partial charge in [0.2, 0.25) is 0 Å².